The van der Waals surface area contributed by atoms with E-state index < -0.39 is 6.10 Å². The molecule has 0 spiro atoms. The van der Waals surface area contributed by atoms with E-state index in [4.69, 9.17) is 4.74 Å². The van der Waals surface area contributed by atoms with E-state index in [1.54, 1.807) is 36.4 Å². The van der Waals surface area contributed by atoms with Crippen molar-refractivity contribution in [3.63, 3.8) is 0 Å². The Morgan fingerprint density at radius 1 is 1.19 bits per heavy atom. The molecular weight excluding hydrogens is 204 g/mol. The number of hydrogen-bond donors (Lipinski definition) is 1. The Morgan fingerprint density at radius 2 is 1.94 bits per heavy atom. The number of rotatable bonds is 2. The second-order valence-corrected chi connectivity index (χ2v) is 3.84. The molecule has 16 heavy (non-hydrogen) atoms. The quantitative estimate of drug-likeness (QED) is 0.609. The molecule has 0 saturated carbocycles. The third-order valence-corrected chi connectivity index (χ3v) is 2.56. The summed E-state index contributed by atoms with van der Waals surface area (Å²) in [6, 6.07) is 8.91. The summed E-state index contributed by atoms with van der Waals surface area (Å²) >= 11 is 0. The molecule has 2 rings (SSSR count). The molecule has 2 atom stereocenters. The average Bonchev–Trinajstić information content (AvgIpc) is 2.33. The van der Waals surface area contributed by atoms with Crippen molar-refractivity contribution in [3.8, 4) is 0 Å². The Labute approximate surface area is 94.4 Å². The lowest BCUT2D eigenvalue weighted by atomic mass is 10.0. The Balaban J connectivity index is 1.96. The summed E-state index contributed by atoms with van der Waals surface area (Å²) in [5.74, 6) is -0.313. The van der Waals surface area contributed by atoms with Gasteiger partial charge in [0.05, 0.1) is 11.7 Å². The van der Waals surface area contributed by atoms with Crippen molar-refractivity contribution in [2.45, 2.75) is 25.0 Å². The minimum atomic E-state index is -0.397. The maximum atomic E-state index is 11.7. The van der Waals surface area contributed by atoms with E-state index in [0.29, 0.717) is 18.4 Å². The van der Waals surface area contributed by atoms with Crippen LogP contribution >= 0.6 is 0 Å². The summed E-state index contributed by atoms with van der Waals surface area (Å²) in [6.07, 6.45) is 4.13. The summed E-state index contributed by atoms with van der Waals surface area (Å²) in [4.78, 5) is 11.7. The Kier molecular flexibility index (Phi) is 3.37. The van der Waals surface area contributed by atoms with Gasteiger partial charge in [-0.3, -0.25) is 0 Å². The van der Waals surface area contributed by atoms with Gasteiger partial charge in [0, 0.05) is 0 Å². The lowest BCUT2D eigenvalue weighted by Crippen LogP contribution is -2.22. The minimum Gasteiger partial charge on any atom is -0.455 e. The molecule has 3 heteroatoms. The first-order valence-electron chi connectivity index (χ1n) is 5.38. The van der Waals surface area contributed by atoms with Crippen molar-refractivity contribution in [2.75, 3.05) is 0 Å². The van der Waals surface area contributed by atoms with Crippen LogP contribution < -0.4 is 0 Å². The third kappa shape index (κ3) is 2.70. The number of carbonyl (C=O) groups is 1. The number of aliphatic hydroxyl groups excluding tert-OH is 1. The molecule has 1 aliphatic carbocycles. The van der Waals surface area contributed by atoms with Gasteiger partial charge in [0.15, 0.2) is 0 Å². The van der Waals surface area contributed by atoms with Crippen molar-refractivity contribution < 1.29 is 14.6 Å². The minimum absolute atomic E-state index is 0.212. The molecule has 0 aliphatic heterocycles. The van der Waals surface area contributed by atoms with Crippen LogP contribution in [0.15, 0.2) is 42.5 Å². The number of aliphatic hydroxyl groups is 1. The van der Waals surface area contributed by atoms with E-state index in [1.807, 2.05) is 6.07 Å². The molecular formula is C13H14O3. The third-order valence-electron chi connectivity index (χ3n) is 2.56. The highest BCUT2D eigenvalue weighted by Gasteiger charge is 2.18. The van der Waals surface area contributed by atoms with Gasteiger partial charge in [-0.25, -0.2) is 4.79 Å². The van der Waals surface area contributed by atoms with E-state index >= 15 is 0 Å². The molecule has 1 aliphatic rings. The van der Waals surface area contributed by atoms with Crippen molar-refractivity contribution in [1.29, 1.82) is 0 Å². The summed E-state index contributed by atoms with van der Waals surface area (Å²) in [7, 11) is 0. The van der Waals surface area contributed by atoms with Crippen LogP contribution in [0.4, 0.5) is 0 Å². The van der Waals surface area contributed by atoms with Gasteiger partial charge in [0.2, 0.25) is 0 Å². The van der Waals surface area contributed by atoms with E-state index in [2.05, 4.69) is 0 Å². The first-order valence-corrected chi connectivity index (χ1v) is 5.38. The number of ether oxygens (including phenoxy) is 1. The zero-order chi connectivity index (χ0) is 11.4. The van der Waals surface area contributed by atoms with Crippen LogP contribution in [0.2, 0.25) is 0 Å². The highest BCUT2D eigenvalue weighted by Crippen LogP contribution is 2.15. The van der Waals surface area contributed by atoms with Crippen molar-refractivity contribution >= 4 is 5.97 Å². The predicted molar refractivity (Wildman–Crippen MR) is 60.0 cm³/mol. The van der Waals surface area contributed by atoms with Crippen molar-refractivity contribution in [3.05, 3.63) is 48.0 Å². The molecule has 0 saturated heterocycles. The van der Waals surface area contributed by atoms with E-state index in [0.717, 1.165) is 0 Å². The second kappa shape index (κ2) is 4.94. The number of hydrogen-bond acceptors (Lipinski definition) is 3. The van der Waals surface area contributed by atoms with Crippen LogP contribution in [-0.2, 0) is 4.74 Å². The largest absolute Gasteiger partial charge is 0.455 e. The molecule has 1 N–H and O–H groups in total. The van der Waals surface area contributed by atoms with Crippen LogP contribution in [0.1, 0.15) is 23.2 Å². The Morgan fingerprint density at radius 3 is 2.56 bits per heavy atom. The number of esters is 1. The fraction of sp³-hybridized carbons (Fsp3) is 0.308. The van der Waals surface area contributed by atoms with Gasteiger partial charge < -0.3 is 9.84 Å². The van der Waals surface area contributed by atoms with E-state index in [-0.39, 0.29) is 12.1 Å². The zero-order valence-corrected chi connectivity index (χ0v) is 8.87. The van der Waals surface area contributed by atoms with Gasteiger partial charge in [-0.1, -0.05) is 24.3 Å². The molecule has 0 heterocycles. The number of benzene rings is 1. The van der Waals surface area contributed by atoms with Crippen LogP contribution in [0, 0.1) is 0 Å². The lowest BCUT2D eigenvalue weighted by molar-refractivity contribution is 0.0334. The predicted octanol–water partition coefficient (Wildman–Crippen LogP) is 1.92. The molecule has 1 aromatic rings. The molecule has 0 fully saturated rings. The number of carbonyl (C=O) groups excluding carboxylic acids is 1. The molecule has 0 radical (unpaired) electrons. The first-order chi connectivity index (χ1) is 7.75. The smallest absolute Gasteiger partial charge is 0.338 e. The molecule has 0 amide bonds. The molecule has 0 aromatic heterocycles. The van der Waals surface area contributed by atoms with Crippen LogP contribution in [0.3, 0.4) is 0 Å². The summed E-state index contributed by atoms with van der Waals surface area (Å²) < 4.78 is 5.29. The highest BCUT2D eigenvalue weighted by atomic mass is 16.5. The SMILES string of the molecule is O=C(O[C@@H]1C=C[C@@H](O)CC1)c1ccccc1. The normalized spacial score (nSPS) is 24.1. The highest BCUT2D eigenvalue weighted by molar-refractivity contribution is 5.89. The van der Waals surface area contributed by atoms with E-state index in [9.17, 15) is 9.90 Å². The van der Waals surface area contributed by atoms with Crippen LogP contribution in [0.5, 0.6) is 0 Å². The second-order valence-electron chi connectivity index (χ2n) is 3.84. The maximum absolute atomic E-state index is 11.7. The molecule has 0 bridgehead atoms. The monoisotopic (exact) mass is 218 g/mol. The van der Waals surface area contributed by atoms with Gasteiger partial charge in [0.1, 0.15) is 6.10 Å². The molecule has 1 aromatic carbocycles. The summed E-state index contributed by atoms with van der Waals surface area (Å²) in [6.45, 7) is 0. The zero-order valence-electron chi connectivity index (χ0n) is 8.87. The first kappa shape index (κ1) is 10.9. The Hall–Kier alpha value is -1.61. The standard InChI is InChI=1S/C13H14O3/c14-11-6-8-12(9-7-11)16-13(15)10-4-2-1-3-5-10/h1-6,8,11-12,14H,7,9H2/t11-,12-/m1/s1. The summed E-state index contributed by atoms with van der Waals surface area (Å²) in [5.41, 5.74) is 0.557. The molecule has 3 nitrogen and oxygen atoms in total. The van der Waals surface area contributed by atoms with Gasteiger partial charge in [0.25, 0.3) is 0 Å². The van der Waals surface area contributed by atoms with Gasteiger partial charge in [-0.05, 0) is 31.1 Å². The average molecular weight is 218 g/mol. The fourth-order valence-corrected chi connectivity index (χ4v) is 1.66. The molecule has 84 valence electrons. The van der Waals surface area contributed by atoms with Crippen molar-refractivity contribution in [2.24, 2.45) is 0 Å². The van der Waals surface area contributed by atoms with Gasteiger partial charge in [-0.2, -0.15) is 0 Å². The molecule has 0 unspecified atom stereocenters. The fourth-order valence-electron chi connectivity index (χ4n) is 1.66. The van der Waals surface area contributed by atoms with Gasteiger partial charge >= 0.3 is 5.97 Å². The summed E-state index contributed by atoms with van der Waals surface area (Å²) in [5, 5.41) is 9.25. The Bertz CT molecular complexity index is 383. The maximum Gasteiger partial charge on any atom is 0.338 e. The van der Waals surface area contributed by atoms with Crippen LogP contribution in [0.25, 0.3) is 0 Å². The van der Waals surface area contributed by atoms with Crippen molar-refractivity contribution in [1.82, 2.24) is 0 Å². The van der Waals surface area contributed by atoms with E-state index in [1.165, 1.54) is 0 Å². The topological polar surface area (TPSA) is 46.5 Å². The lowest BCUT2D eigenvalue weighted by Gasteiger charge is -2.19. The van der Waals surface area contributed by atoms with Crippen LogP contribution in [-0.4, -0.2) is 23.3 Å². The van der Waals surface area contributed by atoms with Gasteiger partial charge in [-0.15, -0.1) is 0 Å².